The molecular formula is C16H20BrN3OS. The zero-order chi connectivity index (χ0) is 15.9. The second-order valence-electron chi connectivity index (χ2n) is 5.13. The van der Waals surface area contributed by atoms with E-state index in [0.29, 0.717) is 16.6 Å². The van der Waals surface area contributed by atoms with Gasteiger partial charge in [0, 0.05) is 10.4 Å². The molecule has 0 fully saturated rings. The molecule has 0 spiro atoms. The summed E-state index contributed by atoms with van der Waals surface area (Å²) in [6.45, 7) is 4.36. The first-order valence-corrected chi connectivity index (χ1v) is 9.15. The van der Waals surface area contributed by atoms with Crippen molar-refractivity contribution in [1.29, 1.82) is 0 Å². The van der Waals surface area contributed by atoms with Crippen LogP contribution in [0, 0.1) is 0 Å². The summed E-state index contributed by atoms with van der Waals surface area (Å²) in [4.78, 5) is 12.3. The Morgan fingerprint density at radius 3 is 2.77 bits per heavy atom. The van der Waals surface area contributed by atoms with Crippen LogP contribution in [0.4, 0.5) is 5.13 Å². The van der Waals surface area contributed by atoms with E-state index >= 15 is 0 Å². The summed E-state index contributed by atoms with van der Waals surface area (Å²) in [6, 6.07) is 7.34. The maximum absolute atomic E-state index is 12.3. The molecule has 4 nitrogen and oxygen atoms in total. The van der Waals surface area contributed by atoms with Gasteiger partial charge in [-0.3, -0.25) is 10.1 Å². The molecule has 1 aromatic carbocycles. The normalized spacial score (nSPS) is 12.1. The third-order valence-electron chi connectivity index (χ3n) is 3.53. The lowest BCUT2D eigenvalue weighted by Crippen LogP contribution is -2.12. The number of hydrogen-bond donors (Lipinski definition) is 1. The third-order valence-corrected chi connectivity index (χ3v) is 5.22. The maximum Gasteiger partial charge on any atom is 0.258 e. The highest BCUT2D eigenvalue weighted by Gasteiger charge is 2.17. The van der Waals surface area contributed by atoms with Gasteiger partial charge >= 0.3 is 0 Å². The van der Waals surface area contributed by atoms with E-state index in [4.69, 9.17) is 0 Å². The van der Waals surface area contributed by atoms with Crippen molar-refractivity contribution in [1.82, 2.24) is 10.2 Å². The average Bonchev–Trinajstić information content (AvgIpc) is 2.97. The Balaban J connectivity index is 2.05. The molecule has 1 heterocycles. The van der Waals surface area contributed by atoms with Crippen molar-refractivity contribution >= 4 is 38.3 Å². The van der Waals surface area contributed by atoms with Gasteiger partial charge in [-0.1, -0.05) is 50.2 Å². The fourth-order valence-corrected chi connectivity index (χ4v) is 3.63. The van der Waals surface area contributed by atoms with E-state index in [1.807, 2.05) is 18.2 Å². The number of carbonyl (C=O) groups is 1. The molecule has 1 amide bonds. The van der Waals surface area contributed by atoms with E-state index in [-0.39, 0.29) is 5.91 Å². The highest BCUT2D eigenvalue weighted by Crippen LogP contribution is 2.30. The fraction of sp³-hybridized carbons (Fsp3) is 0.438. The van der Waals surface area contributed by atoms with Crippen molar-refractivity contribution in [3.8, 4) is 0 Å². The Morgan fingerprint density at radius 1 is 1.32 bits per heavy atom. The van der Waals surface area contributed by atoms with Gasteiger partial charge in [0.05, 0.1) is 5.56 Å². The summed E-state index contributed by atoms with van der Waals surface area (Å²) in [5, 5.41) is 12.8. The van der Waals surface area contributed by atoms with Crippen LogP contribution in [0.15, 0.2) is 28.7 Å². The second-order valence-corrected chi connectivity index (χ2v) is 6.99. The predicted molar refractivity (Wildman–Crippen MR) is 94.6 cm³/mol. The zero-order valence-electron chi connectivity index (χ0n) is 12.8. The Kier molecular flexibility index (Phi) is 6.51. The molecule has 2 rings (SSSR count). The number of rotatable bonds is 7. The zero-order valence-corrected chi connectivity index (χ0v) is 15.2. The topological polar surface area (TPSA) is 54.9 Å². The van der Waals surface area contributed by atoms with E-state index in [0.717, 1.165) is 22.3 Å². The molecule has 0 aliphatic carbocycles. The molecule has 1 N–H and O–H groups in total. The first kappa shape index (κ1) is 17.1. The molecule has 0 aliphatic rings. The number of hydrogen-bond acceptors (Lipinski definition) is 4. The van der Waals surface area contributed by atoms with E-state index in [2.05, 4.69) is 45.3 Å². The monoisotopic (exact) mass is 381 g/mol. The van der Waals surface area contributed by atoms with Gasteiger partial charge in [0.15, 0.2) is 0 Å². The minimum Gasteiger partial charge on any atom is -0.296 e. The van der Waals surface area contributed by atoms with Gasteiger partial charge in [-0.05, 0) is 40.9 Å². The molecule has 0 saturated carbocycles. The van der Waals surface area contributed by atoms with Gasteiger partial charge in [-0.25, -0.2) is 0 Å². The SMILES string of the molecule is CCCC[C@@H](CC)c1nnc(NC(=O)c2ccccc2Br)s1. The van der Waals surface area contributed by atoms with Crippen LogP contribution in [-0.4, -0.2) is 16.1 Å². The summed E-state index contributed by atoms with van der Waals surface area (Å²) < 4.78 is 0.770. The number of amides is 1. The van der Waals surface area contributed by atoms with Crippen LogP contribution in [0.1, 0.15) is 60.8 Å². The summed E-state index contributed by atoms with van der Waals surface area (Å²) in [5.74, 6) is 0.267. The smallest absolute Gasteiger partial charge is 0.258 e. The van der Waals surface area contributed by atoms with Crippen LogP contribution in [0.25, 0.3) is 0 Å². The second kappa shape index (κ2) is 8.39. The number of anilines is 1. The summed E-state index contributed by atoms with van der Waals surface area (Å²) >= 11 is 4.86. The van der Waals surface area contributed by atoms with Gasteiger partial charge in [0.25, 0.3) is 5.91 Å². The Morgan fingerprint density at radius 2 is 2.09 bits per heavy atom. The fourth-order valence-electron chi connectivity index (χ4n) is 2.21. The lowest BCUT2D eigenvalue weighted by Gasteiger charge is -2.09. The Bertz CT molecular complexity index is 629. The number of unbranched alkanes of at least 4 members (excludes halogenated alkanes) is 1. The quantitative estimate of drug-likeness (QED) is 0.713. The number of benzene rings is 1. The minimum atomic E-state index is -0.170. The minimum absolute atomic E-state index is 0.170. The van der Waals surface area contributed by atoms with Crippen molar-refractivity contribution in [2.24, 2.45) is 0 Å². The number of aromatic nitrogens is 2. The van der Waals surface area contributed by atoms with Gasteiger partial charge in [0.1, 0.15) is 5.01 Å². The molecule has 1 atom stereocenters. The predicted octanol–water partition coefficient (Wildman–Crippen LogP) is 5.24. The summed E-state index contributed by atoms with van der Waals surface area (Å²) in [5.41, 5.74) is 0.595. The number of carbonyl (C=O) groups excluding carboxylic acids is 1. The maximum atomic E-state index is 12.3. The molecule has 0 unspecified atom stereocenters. The van der Waals surface area contributed by atoms with Crippen LogP contribution in [0.2, 0.25) is 0 Å². The van der Waals surface area contributed by atoms with Crippen LogP contribution >= 0.6 is 27.3 Å². The largest absolute Gasteiger partial charge is 0.296 e. The van der Waals surface area contributed by atoms with E-state index < -0.39 is 0 Å². The first-order valence-electron chi connectivity index (χ1n) is 7.55. The molecule has 22 heavy (non-hydrogen) atoms. The lowest BCUT2D eigenvalue weighted by atomic mass is 10.0. The highest BCUT2D eigenvalue weighted by molar-refractivity contribution is 9.10. The summed E-state index contributed by atoms with van der Waals surface area (Å²) in [7, 11) is 0. The molecule has 0 radical (unpaired) electrons. The lowest BCUT2D eigenvalue weighted by molar-refractivity contribution is 0.102. The van der Waals surface area contributed by atoms with Gasteiger partial charge < -0.3 is 0 Å². The number of nitrogens with one attached hydrogen (secondary N) is 1. The van der Waals surface area contributed by atoms with E-state index in [9.17, 15) is 4.79 Å². The summed E-state index contributed by atoms with van der Waals surface area (Å²) in [6.07, 6.45) is 4.55. The Hall–Kier alpha value is -1.27. The molecule has 1 aromatic heterocycles. The number of nitrogens with zero attached hydrogens (tertiary/aromatic N) is 2. The molecule has 0 aliphatic heterocycles. The van der Waals surface area contributed by atoms with Crippen molar-refractivity contribution in [2.45, 2.75) is 45.4 Å². The van der Waals surface area contributed by atoms with Crippen molar-refractivity contribution in [2.75, 3.05) is 5.32 Å². The van der Waals surface area contributed by atoms with Crippen molar-refractivity contribution < 1.29 is 4.79 Å². The molecule has 2 aromatic rings. The highest BCUT2D eigenvalue weighted by atomic mass is 79.9. The van der Waals surface area contributed by atoms with Crippen molar-refractivity contribution in [3.05, 3.63) is 39.3 Å². The van der Waals surface area contributed by atoms with Gasteiger partial charge in [-0.2, -0.15) is 0 Å². The van der Waals surface area contributed by atoms with Crippen LogP contribution in [-0.2, 0) is 0 Å². The molecule has 118 valence electrons. The molecule has 6 heteroatoms. The van der Waals surface area contributed by atoms with Crippen molar-refractivity contribution in [3.63, 3.8) is 0 Å². The number of halogens is 1. The molecule has 0 bridgehead atoms. The first-order chi connectivity index (χ1) is 10.7. The third kappa shape index (κ3) is 4.36. The van der Waals surface area contributed by atoms with Gasteiger partial charge in [0.2, 0.25) is 5.13 Å². The van der Waals surface area contributed by atoms with Crippen LogP contribution in [0.5, 0.6) is 0 Å². The average molecular weight is 382 g/mol. The van der Waals surface area contributed by atoms with Crippen LogP contribution < -0.4 is 5.32 Å². The van der Waals surface area contributed by atoms with E-state index in [1.54, 1.807) is 6.07 Å². The van der Waals surface area contributed by atoms with Crippen LogP contribution in [0.3, 0.4) is 0 Å². The Labute approximate surface area is 143 Å². The van der Waals surface area contributed by atoms with Gasteiger partial charge in [-0.15, -0.1) is 10.2 Å². The van der Waals surface area contributed by atoms with E-state index in [1.165, 1.54) is 24.2 Å². The molecule has 0 saturated heterocycles. The standard InChI is InChI=1S/C16H20BrN3OS/c1-3-5-8-11(4-2)15-19-20-16(22-15)18-14(21)12-9-6-7-10-13(12)17/h6-7,9-11H,3-5,8H2,1-2H3,(H,18,20,21)/t11-/m1/s1. The molecular weight excluding hydrogens is 362 g/mol.